The molecule has 0 aliphatic carbocycles. The van der Waals surface area contributed by atoms with E-state index in [1.165, 1.54) is 0 Å². The monoisotopic (exact) mass is 315 g/mol. The maximum atomic E-state index is 11.5. The molecule has 1 rings (SSSR count). The number of amides is 2. The van der Waals surface area contributed by atoms with Gasteiger partial charge in [-0.05, 0) is 41.4 Å². The zero-order valence-corrected chi connectivity index (χ0v) is 12.1. The molecule has 0 aromatic carbocycles. The lowest BCUT2D eigenvalue weighted by molar-refractivity contribution is 0.162. The summed E-state index contributed by atoms with van der Waals surface area (Å²) in [6.45, 7) is 4.07. The van der Waals surface area contributed by atoms with Gasteiger partial charge in [-0.15, -0.1) is 0 Å². The van der Waals surface area contributed by atoms with Crippen molar-refractivity contribution in [1.29, 1.82) is 0 Å². The molecule has 0 saturated carbocycles. The Labute approximate surface area is 115 Å². The topological polar surface area (TPSA) is 74.2 Å². The number of hydrogen-bond donors (Lipinski definition) is 3. The highest BCUT2D eigenvalue weighted by Gasteiger charge is 2.07. The Morgan fingerprint density at radius 2 is 2.28 bits per heavy atom. The van der Waals surface area contributed by atoms with Crippen molar-refractivity contribution in [1.82, 2.24) is 10.3 Å². The molecule has 18 heavy (non-hydrogen) atoms. The van der Waals surface area contributed by atoms with Crippen LogP contribution in [-0.2, 0) is 0 Å². The highest BCUT2D eigenvalue weighted by Crippen LogP contribution is 2.15. The highest BCUT2D eigenvalue weighted by atomic mass is 79.9. The number of carbonyl (C=O) groups excluding carboxylic acids is 1. The number of aromatic nitrogens is 1. The molecule has 1 heterocycles. The maximum absolute atomic E-state index is 11.5. The number of pyridine rings is 1. The van der Waals surface area contributed by atoms with Crippen molar-refractivity contribution in [2.75, 3.05) is 11.9 Å². The van der Waals surface area contributed by atoms with Crippen molar-refractivity contribution in [3.63, 3.8) is 0 Å². The van der Waals surface area contributed by atoms with Crippen LogP contribution < -0.4 is 10.6 Å². The Morgan fingerprint density at radius 3 is 2.89 bits per heavy atom. The molecule has 100 valence electrons. The van der Waals surface area contributed by atoms with E-state index in [9.17, 15) is 9.90 Å². The predicted molar refractivity (Wildman–Crippen MR) is 74.6 cm³/mol. The van der Waals surface area contributed by atoms with Crippen molar-refractivity contribution < 1.29 is 9.90 Å². The second-order valence-corrected chi connectivity index (χ2v) is 4.90. The Bertz CT molecular complexity index is 412. The third-order valence-corrected chi connectivity index (χ3v) is 3.22. The Kier molecular flexibility index (Phi) is 6.07. The highest BCUT2D eigenvalue weighted by molar-refractivity contribution is 9.10. The van der Waals surface area contributed by atoms with E-state index >= 15 is 0 Å². The average molecular weight is 316 g/mol. The van der Waals surface area contributed by atoms with Crippen molar-refractivity contribution in [2.45, 2.75) is 32.8 Å². The van der Waals surface area contributed by atoms with Gasteiger partial charge in [0.2, 0.25) is 0 Å². The summed E-state index contributed by atoms with van der Waals surface area (Å²) in [7, 11) is 0. The third kappa shape index (κ3) is 5.01. The van der Waals surface area contributed by atoms with Gasteiger partial charge in [-0.1, -0.05) is 13.3 Å². The minimum Gasteiger partial charge on any atom is -0.391 e. The molecule has 1 aromatic heterocycles. The first-order valence-electron chi connectivity index (χ1n) is 5.89. The van der Waals surface area contributed by atoms with Crippen LogP contribution in [0.4, 0.5) is 10.6 Å². The van der Waals surface area contributed by atoms with E-state index in [1.54, 1.807) is 6.07 Å². The smallest absolute Gasteiger partial charge is 0.320 e. The van der Waals surface area contributed by atoms with Gasteiger partial charge >= 0.3 is 6.03 Å². The number of urea groups is 1. The molecule has 1 atom stereocenters. The summed E-state index contributed by atoms with van der Waals surface area (Å²) >= 11 is 3.34. The average Bonchev–Trinajstić information content (AvgIpc) is 2.32. The summed E-state index contributed by atoms with van der Waals surface area (Å²) in [5.74, 6) is 0.484. The zero-order valence-electron chi connectivity index (χ0n) is 10.5. The Morgan fingerprint density at radius 1 is 1.56 bits per heavy atom. The van der Waals surface area contributed by atoms with E-state index in [2.05, 4.69) is 31.5 Å². The van der Waals surface area contributed by atoms with Crippen LogP contribution in [0.5, 0.6) is 0 Å². The van der Waals surface area contributed by atoms with Crippen LogP contribution >= 0.6 is 15.9 Å². The maximum Gasteiger partial charge on any atom is 0.320 e. The van der Waals surface area contributed by atoms with Gasteiger partial charge in [-0.25, -0.2) is 9.78 Å². The molecular formula is C12H18BrN3O2. The molecule has 0 aliphatic rings. The van der Waals surface area contributed by atoms with Crippen molar-refractivity contribution >= 4 is 27.8 Å². The van der Waals surface area contributed by atoms with Gasteiger partial charge in [0.1, 0.15) is 5.82 Å². The number of nitrogens with one attached hydrogen (secondary N) is 2. The number of nitrogens with zero attached hydrogens (tertiary/aromatic N) is 1. The number of aliphatic hydroxyl groups is 1. The first-order valence-corrected chi connectivity index (χ1v) is 6.68. The quantitative estimate of drug-likeness (QED) is 0.781. The van der Waals surface area contributed by atoms with Crippen LogP contribution in [0.15, 0.2) is 16.6 Å². The molecule has 0 saturated heterocycles. The van der Waals surface area contributed by atoms with Gasteiger partial charge < -0.3 is 10.4 Å². The van der Waals surface area contributed by atoms with E-state index in [1.807, 2.05) is 19.9 Å². The van der Waals surface area contributed by atoms with Crippen LogP contribution in [0.3, 0.4) is 0 Å². The van der Waals surface area contributed by atoms with E-state index in [4.69, 9.17) is 0 Å². The normalized spacial score (nSPS) is 12.0. The summed E-state index contributed by atoms with van der Waals surface area (Å²) in [5.41, 5.74) is 0.804. The summed E-state index contributed by atoms with van der Waals surface area (Å²) in [5, 5.41) is 14.7. The van der Waals surface area contributed by atoms with Crippen LogP contribution in [-0.4, -0.2) is 28.8 Å². The largest absolute Gasteiger partial charge is 0.391 e. The number of aryl methyl sites for hydroxylation is 1. The number of aliphatic hydroxyl groups excluding tert-OH is 1. The molecule has 0 spiro atoms. The van der Waals surface area contributed by atoms with E-state index < -0.39 is 6.10 Å². The lowest BCUT2D eigenvalue weighted by Crippen LogP contribution is -2.35. The molecule has 6 heteroatoms. The summed E-state index contributed by atoms with van der Waals surface area (Å²) in [6.07, 6.45) is 1.06. The third-order valence-electron chi connectivity index (χ3n) is 2.38. The first kappa shape index (κ1) is 14.9. The SMILES string of the molecule is CCCC(O)CNC(=O)Nc1ccc(Br)c(C)n1. The zero-order chi connectivity index (χ0) is 13.5. The fourth-order valence-electron chi connectivity index (χ4n) is 1.42. The van der Waals surface area contributed by atoms with Crippen LogP contribution in [0, 0.1) is 6.92 Å². The Hall–Kier alpha value is -1.14. The molecule has 0 bridgehead atoms. The fraction of sp³-hybridized carbons (Fsp3) is 0.500. The molecule has 5 nitrogen and oxygen atoms in total. The standard InChI is InChI=1S/C12H18BrN3O2/c1-3-4-9(17)7-14-12(18)16-11-6-5-10(13)8(2)15-11/h5-6,9,17H,3-4,7H2,1-2H3,(H2,14,15,16,18). The molecule has 0 aliphatic heterocycles. The lowest BCUT2D eigenvalue weighted by atomic mass is 10.2. The molecule has 0 fully saturated rings. The van der Waals surface area contributed by atoms with Crippen LogP contribution in [0.1, 0.15) is 25.5 Å². The molecule has 0 radical (unpaired) electrons. The van der Waals surface area contributed by atoms with E-state index in [-0.39, 0.29) is 12.6 Å². The minimum absolute atomic E-state index is 0.245. The fourth-order valence-corrected chi connectivity index (χ4v) is 1.64. The van der Waals surface area contributed by atoms with Crippen molar-refractivity contribution in [3.8, 4) is 0 Å². The first-order chi connectivity index (χ1) is 8.52. The van der Waals surface area contributed by atoms with Gasteiger partial charge in [-0.2, -0.15) is 0 Å². The summed E-state index contributed by atoms with van der Waals surface area (Å²) in [6, 6.07) is 3.17. The van der Waals surface area contributed by atoms with E-state index in [0.717, 1.165) is 16.6 Å². The number of carbonyl (C=O) groups is 1. The van der Waals surface area contributed by atoms with Crippen molar-refractivity contribution in [2.24, 2.45) is 0 Å². The van der Waals surface area contributed by atoms with Crippen LogP contribution in [0.25, 0.3) is 0 Å². The Balaban J connectivity index is 2.42. The van der Waals surface area contributed by atoms with Crippen molar-refractivity contribution in [3.05, 3.63) is 22.3 Å². The number of hydrogen-bond acceptors (Lipinski definition) is 3. The second-order valence-electron chi connectivity index (χ2n) is 4.04. The summed E-state index contributed by atoms with van der Waals surface area (Å²) in [4.78, 5) is 15.7. The van der Waals surface area contributed by atoms with Gasteiger partial charge in [0.25, 0.3) is 0 Å². The van der Waals surface area contributed by atoms with Crippen LogP contribution in [0.2, 0.25) is 0 Å². The summed E-state index contributed by atoms with van der Waals surface area (Å²) < 4.78 is 0.895. The minimum atomic E-state index is -0.500. The predicted octanol–water partition coefficient (Wildman–Crippen LogP) is 2.44. The van der Waals surface area contributed by atoms with Gasteiger partial charge in [0, 0.05) is 11.0 Å². The number of rotatable bonds is 5. The van der Waals surface area contributed by atoms with Gasteiger partial charge in [-0.3, -0.25) is 5.32 Å². The van der Waals surface area contributed by atoms with Gasteiger partial charge in [0.05, 0.1) is 11.8 Å². The van der Waals surface area contributed by atoms with Gasteiger partial charge in [0.15, 0.2) is 0 Å². The molecule has 1 unspecified atom stereocenters. The number of halogens is 1. The molecule has 1 aromatic rings. The molecule has 2 amide bonds. The second kappa shape index (κ2) is 7.33. The lowest BCUT2D eigenvalue weighted by Gasteiger charge is -2.11. The van der Waals surface area contributed by atoms with E-state index in [0.29, 0.717) is 12.2 Å². The molecular weight excluding hydrogens is 298 g/mol. The number of anilines is 1. The molecule has 3 N–H and O–H groups in total.